The van der Waals surface area contributed by atoms with Crippen LogP contribution in [-0.2, 0) is 4.79 Å². The van der Waals surface area contributed by atoms with Crippen molar-refractivity contribution >= 4 is 23.2 Å². The number of nitrogens with one attached hydrogen (secondary N) is 2. The molecule has 0 aliphatic heterocycles. The van der Waals surface area contributed by atoms with Crippen LogP contribution in [0.1, 0.15) is 33.9 Å². The Morgan fingerprint density at radius 1 is 0.963 bits per heavy atom. The summed E-state index contributed by atoms with van der Waals surface area (Å²) in [5, 5.41) is 9.29. The van der Waals surface area contributed by atoms with Gasteiger partial charge >= 0.3 is 0 Å². The van der Waals surface area contributed by atoms with Crippen molar-refractivity contribution in [2.75, 3.05) is 6.54 Å². The number of carbonyl (C=O) groups excluding carboxylic acids is 2. The van der Waals surface area contributed by atoms with Gasteiger partial charge in [-0.2, -0.15) is 11.3 Å². The fourth-order valence-electron chi connectivity index (χ4n) is 2.68. The minimum absolute atomic E-state index is 0.153. The summed E-state index contributed by atoms with van der Waals surface area (Å²) in [4.78, 5) is 24.3. The Hall–Kier alpha value is -2.99. The first kappa shape index (κ1) is 18.8. The average Bonchev–Trinajstić information content (AvgIpc) is 3.22. The van der Waals surface area contributed by atoms with Gasteiger partial charge in [0.25, 0.3) is 5.91 Å². The number of hydrogen-bond acceptors (Lipinski definition) is 3. The van der Waals surface area contributed by atoms with E-state index in [2.05, 4.69) is 10.6 Å². The lowest BCUT2D eigenvalue weighted by Gasteiger charge is -2.20. The highest BCUT2D eigenvalue weighted by Gasteiger charge is 2.17. The number of amides is 2. The molecule has 1 heterocycles. The van der Waals surface area contributed by atoms with Crippen LogP contribution in [0.3, 0.4) is 0 Å². The summed E-state index contributed by atoms with van der Waals surface area (Å²) < 4.78 is 13.2. The number of carbonyl (C=O) groups is 2. The maximum absolute atomic E-state index is 13.2. The van der Waals surface area contributed by atoms with E-state index in [4.69, 9.17) is 0 Å². The Labute approximate surface area is 161 Å². The second kappa shape index (κ2) is 9.09. The predicted molar refractivity (Wildman–Crippen MR) is 104 cm³/mol. The molecule has 0 radical (unpaired) electrons. The highest BCUT2D eigenvalue weighted by molar-refractivity contribution is 7.08. The number of halogens is 1. The van der Waals surface area contributed by atoms with Crippen molar-refractivity contribution in [2.45, 2.75) is 12.5 Å². The van der Waals surface area contributed by atoms with E-state index < -0.39 is 0 Å². The van der Waals surface area contributed by atoms with Crippen molar-refractivity contribution in [3.63, 3.8) is 0 Å². The summed E-state index contributed by atoms with van der Waals surface area (Å²) >= 11 is 1.45. The lowest BCUT2D eigenvalue weighted by atomic mass is 9.98. The molecule has 1 aromatic heterocycles. The minimum atomic E-state index is -0.383. The van der Waals surface area contributed by atoms with Gasteiger partial charge in [-0.3, -0.25) is 9.59 Å². The van der Waals surface area contributed by atoms with Crippen molar-refractivity contribution < 1.29 is 14.0 Å². The van der Waals surface area contributed by atoms with Gasteiger partial charge in [0.2, 0.25) is 5.91 Å². The third-order valence-electron chi connectivity index (χ3n) is 4.06. The Balaban J connectivity index is 1.62. The van der Waals surface area contributed by atoms with Crippen LogP contribution in [-0.4, -0.2) is 18.4 Å². The fourth-order valence-corrected chi connectivity index (χ4v) is 3.31. The molecule has 0 fully saturated rings. The molecule has 2 aromatic carbocycles. The molecular weight excluding hydrogens is 363 g/mol. The molecular formula is C21H19FN2O2S. The van der Waals surface area contributed by atoms with E-state index in [0.29, 0.717) is 5.56 Å². The molecule has 3 rings (SSSR count). The fraction of sp³-hybridized carbons (Fsp3) is 0.143. The molecule has 3 aromatic rings. The predicted octanol–water partition coefficient (Wildman–Crippen LogP) is 3.91. The zero-order chi connectivity index (χ0) is 19.1. The second-order valence-corrected chi connectivity index (χ2v) is 6.76. The summed E-state index contributed by atoms with van der Waals surface area (Å²) in [5.74, 6) is -0.714. The van der Waals surface area contributed by atoms with Gasteiger partial charge in [-0.25, -0.2) is 4.39 Å². The van der Waals surface area contributed by atoms with Crippen LogP contribution in [0, 0.1) is 5.82 Å². The van der Waals surface area contributed by atoms with E-state index in [9.17, 15) is 14.0 Å². The molecule has 0 saturated carbocycles. The van der Waals surface area contributed by atoms with Crippen molar-refractivity contribution in [3.05, 3.63) is 93.9 Å². The molecule has 6 heteroatoms. The number of benzene rings is 2. The summed E-state index contributed by atoms with van der Waals surface area (Å²) in [5.41, 5.74) is 2.28. The van der Waals surface area contributed by atoms with Gasteiger partial charge < -0.3 is 10.6 Å². The molecule has 0 spiro atoms. The summed E-state index contributed by atoms with van der Waals surface area (Å²) in [6.07, 6.45) is 0.153. The number of thiophene rings is 1. The lowest BCUT2D eigenvalue weighted by Crippen LogP contribution is -2.33. The smallest absolute Gasteiger partial charge is 0.252 e. The lowest BCUT2D eigenvalue weighted by molar-refractivity contribution is -0.121. The summed E-state index contributed by atoms with van der Waals surface area (Å²) in [6.45, 7) is 0.242. The molecule has 0 bridgehead atoms. The first-order chi connectivity index (χ1) is 13.1. The molecule has 0 aliphatic carbocycles. The van der Waals surface area contributed by atoms with Gasteiger partial charge in [0.05, 0.1) is 6.04 Å². The Bertz CT molecular complexity index is 880. The number of hydrogen-bond donors (Lipinski definition) is 2. The van der Waals surface area contributed by atoms with Crippen LogP contribution in [0.25, 0.3) is 0 Å². The topological polar surface area (TPSA) is 58.2 Å². The van der Waals surface area contributed by atoms with Crippen molar-refractivity contribution in [1.29, 1.82) is 0 Å². The van der Waals surface area contributed by atoms with Gasteiger partial charge in [-0.05, 0) is 34.7 Å². The van der Waals surface area contributed by atoms with E-state index in [1.54, 1.807) is 23.6 Å². The zero-order valence-electron chi connectivity index (χ0n) is 14.5. The van der Waals surface area contributed by atoms with Gasteiger partial charge in [0.1, 0.15) is 5.82 Å². The molecule has 0 saturated heterocycles. The van der Waals surface area contributed by atoms with Crippen LogP contribution < -0.4 is 10.6 Å². The number of rotatable bonds is 7. The van der Waals surface area contributed by atoms with Gasteiger partial charge in [-0.15, -0.1) is 0 Å². The SMILES string of the molecule is O=C(CCNC(=O)c1ccsc1)NC(c1ccccc1)c1ccc(F)cc1. The average molecular weight is 382 g/mol. The van der Waals surface area contributed by atoms with Crippen LogP contribution in [0.15, 0.2) is 71.4 Å². The first-order valence-electron chi connectivity index (χ1n) is 8.53. The largest absolute Gasteiger partial charge is 0.351 e. The van der Waals surface area contributed by atoms with Crippen molar-refractivity contribution in [2.24, 2.45) is 0 Å². The third kappa shape index (κ3) is 5.24. The summed E-state index contributed by atoms with van der Waals surface area (Å²) in [7, 11) is 0. The van der Waals surface area contributed by atoms with Gasteiger partial charge in [0.15, 0.2) is 0 Å². The van der Waals surface area contributed by atoms with Crippen LogP contribution >= 0.6 is 11.3 Å². The van der Waals surface area contributed by atoms with E-state index in [1.807, 2.05) is 35.7 Å². The van der Waals surface area contributed by atoms with Crippen LogP contribution in [0.4, 0.5) is 4.39 Å². The monoisotopic (exact) mass is 382 g/mol. The zero-order valence-corrected chi connectivity index (χ0v) is 15.3. The highest BCUT2D eigenvalue weighted by Crippen LogP contribution is 2.22. The van der Waals surface area contributed by atoms with Gasteiger partial charge in [0, 0.05) is 23.9 Å². The molecule has 1 atom stereocenters. The van der Waals surface area contributed by atoms with E-state index >= 15 is 0 Å². The quantitative estimate of drug-likeness (QED) is 0.651. The van der Waals surface area contributed by atoms with Gasteiger partial charge in [-0.1, -0.05) is 42.5 Å². The maximum atomic E-state index is 13.2. The maximum Gasteiger partial charge on any atom is 0.252 e. The van der Waals surface area contributed by atoms with E-state index in [-0.39, 0.29) is 36.6 Å². The molecule has 1 unspecified atom stereocenters. The molecule has 4 nitrogen and oxygen atoms in total. The molecule has 2 N–H and O–H groups in total. The first-order valence-corrected chi connectivity index (χ1v) is 9.48. The second-order valence-electron chi connectivity index (χ2n) is 5.98. The Kier molecular flexibility index (Phi) is 6.33. The van der Waals surface area contributed by atoms with Crippen LogP contribution in [0.5, 0.6) is 0 Å². The third-order valence-corrected chi connectivity index (χ3v) is 4.75. The van der Waals surface area contributed by atoms with E-state index in [1.165, 1.54) is 23.5 Å². The normalized spacial score (nSPS) is 11.6. The summed E-state index contributed by atoms with van der Waals surface area (Å²) in [6, 6.07) is 16.9. The molecule has 138 valence electrons. The van der Waals surface area contributed by atoms with Crippen molar-refractivity contribution in [1.82, 2.24) is 10.6 Å². The Morgan fingerprint density at radius 3 is 2.33 bits per heavy atom. The Morgan fingerprint density at radius 2 is 1.67 bits per heavy atom. The standard InChI is InChI=1S/C21H19FN2O2S/c22-18-8-6-16(7-9-18)20(15-4-2-1-3-5-15)24-19(25)10-12-23-21(26)17-11-13-27-14-17/h1-9,11,13-14,20H,10,12H2,(H,23,26)(H,24,25). The highest BCUT2D eigenvalue weighted by atomic mass is 32.1. The van der Waals surface area contributed by atoms with Crippen molar-refractivity contribution in [3.8, 4) is 0 Å². The minimum Gasteiger partial charge on any atom is -0.351 e. The molecule has 0 aliphatic rings. The molecule has 2 amide bonds. The van der Waals surface area contributed by atoms with E-state index in [0.717, 1.165) is 11.1 Å². The molecule has 27 heavy (non-hydrogen) atoms. The van der Waals surface area contributed by atoms with Crippen LogP contribution in [0.2, 0.25) is 0 Å².